The first-order valence-electron chi connectivity index (χ1n) is 4.73. The van der Waals surface area contributed by atoms with Crippen LogP contribution in [0.15, 0.2) is 23.1 Å². The fourth-order valence-electron chi connectivity index (χ4n) is 1.15. The third-order valence-electron chi connectivity index (χ3n) is 1.80. The van der Waals surface area contributed by atoms with Gasteiger partial charge in [0.25, 0.3) is 0 Å². The average molecular weight is 260 g/mol. The van der Waals surface area contributed by atoms with Crippen molar-refractivity contribution in [1.29, 1.82) is 0 Å². The summed E-state index contributed by atoms with van der Waals surface area (Å²) in [5, 5.41) is 18.1. The van der Waals surface area contributed by atoms with Crippen LogP contribution in [-0.2, 0) is 14.3 Å². The van der Waals surface area contributed by atoms with E-state index in [2.05, 4.69) is 4.18 Å². The highest BCUT2D eigenvalue weighted by molar-refractivity contribution is 7.86. The molecule has 0 fully saturated rings. The summed E-state index contributed by atoms with van der Waals surface area (Å²) in [6, 6.07) is 2.96. The molecule has 0 aliphatic rings. The van der Waals surface area contributed by atoms with Crippen LogP contribution in [-0.4, -0.2) is 30.7 Å². The molecule has 0 unspecified atom stereocenters. The Labute approximate surface area is 98.6 Å². The lowest BCUT2D eigenvalue weighted by molar-refractivity contribution is 0.0696. The maximum atomic E-state index is 11.7. The first kappa shape index (κ1) is 13.5. The lowest BCUT2D eigenvalue weighted by atomic mass is 10.2. The second kappa shape index (κ2) is 4.72. The SMILES string of the molecule is CC(C)OS(=O)(=O)c1cc(C(=O)O)ccc1O. The number of hydrogen-bond acceptors (Lipinski definition) is 5. The molecule has 0 radical (unpaired) electrons. The van der Waals surface area contributed by atoms with Crippen LogP contribution in [0.1, 0.15) is 24.2 Å². The van der Waals surface area contributed by atoms with Crippen LogP contribution < -0.4 is 0 Å². The number of carboxylic acids is 1. The van der Waals surface area contributed by atoms with Gasteiger partial charge in [0.05, 0.1) is 11.7 Å². The van der Waals surface area contributed by atoms with Crippen LogP contribution in [0.4, 0.5) is 0 Å². The molecular weight excluding hydrogens is 248 g/mol. The van der Waals surface area contributed by atoms with E-state index in [-0.39, 0.29) is 5.56 Å². The van der Waals surface area contributed by atoms with E-state index in [1.54, 1.807) is 0 Å². The van der Waals surface area contributed by atoms with E-state index in [4.69, 9.17) is 5.11 Å². The third-order valence-corrected chi connectivity index (χ3v) is 3.30. The summed E-state index contributed by atoms with van der Waals surface area (Å²) in [7, 11) is -4.16. The van der Waals surface area contributed by atoms with Crippen molar-refractivity contribution < 1.29 is 27.6 Å². The number of phenols is 1. The van der Waals surface area contributed by atoms with Crippen molar-refractivity contribution in [2.45, 2.75) is 24.8 Å². The van der Waals surface area contributed by atoms with Gasteiger partial charge in [0, 0.05) is 0 Å². The first-order valence-corrected chi connectivity index (χ1v) is 6.14. The van der Waals surface area contributed by atoms with Gasteiger partial charge in [-0.05, 0) is 32.0 Å². The molecule has 17 heavy (non-hydrogen) atoms. The molecule has 0 atom stereocenters. The van der Waals surface area contributed by atoms with Crippen molar-refractivity contribution in [1.82, 2.24) is 0 Å². The van der Waals surface area contributed by atoms with Crippen molar-refractivity contribution in [2.75, 3.05) is 0 Å². The zero-order chi connectivity index (χ0) is 13.2. The maximum Gasteiger partial charge on any atom is 0.335 e. The summed E-state index contributed by atoms with van der Waals surface area (Å²) >= 11 is 0. The number of hydrogen-bond donors (Lipinski definition) is 2. The van der Waals surface area contributed by atoms with E-state index >= 15 is 0 Å². The first-order chi connectivity index (χ1) is 7.74. The minimum Gasteiger partial charge on any atom is -0.506 e. The van der Waals surface area contributed by atoms with Crippen molar-refractivity contribution in [3.63, 3.8) is 0 Å². The largest absolute Gasteiger partial charge is 0.506 e. The number of carbonyl (C=O) groups is 1. The van der Waals surface area contributed by atoms with Crippen LogP contribution >= 0.6 is 0 Å². The fourth-order valence-corrected chi connectivity index (χ4v) is 2.36. The molecule has 0 saturated heterocycles. The predicted octanol–water partition coefficient (Wildman–Crippen LogP) is 1.20. The predicted molar refractivity (Wildman–Crippen MR) is 58.5 cm³/mol. The van der Waals surface area contributed by atoms with Gasteiger partial charge in [0.15, 0.2) is 0 Å². The molecule has 0 aromatic heterocycles. The van der Waals surface area contributed by atoms with Gasteiger partial charge in [0.2, 0.25) is 0 Å². The zero-order valence-electron chi connectivity index (χ0n) is 9.25. The normalized spacial score (nSPS) is 11.7. The van der Waals surface area contributed by atoms with Crippen molar-refractivity contribution in [3.8, 4) is 5.75 Å². The molecule has 6 nitrogen and oxygen atoms in total. The van der Waals surface area contributed by atoms with Crippen LogP contribution in [0, 0.1) is 0 Å². The molecule has 0 amide bonds. The Morgan fingerprint density at radius 1 is 1.35 bits per heavy atom. The smallest absolute Gasteiger partial charge is 0.335 e. The Balaban J connectivity index is 3.30. The molecule has 94 valence electrons. The number of benzene rings is 1. The Bertz CT molecular complexity index is 532. The lowest BCUT2D eigenvalue weighted by Gasteiger charge is -2.10. The number of carboxylic acid groups (broad SMARTS) is 1. The average Bonchev–Trinajstić information content (AvgIpc) is 2.15. The second-order valence-electron chi connectivity index (χ2n) is 3.59. The molecule has 0 heterocycles. The van der Waals surface area contributed by atoms with Crippen LogP contribution in [0.25, 0.3) is 0 Å². The molecule has 1 aromatic rings. The van der Waals surface area contributed by atoms with Gasteiger partial charge >= 0.3 is 16.1 Å². The van der Waals surface area contributed by atoms with E-state index in [9.17, 15) is 18.3 Å². The minimum atomic E-state index is -4.16. The molecule has 0 bridgehead atoms. The summed E-state index contributed by atoms with van der Waals surface area (Å²) < 4.78 is 28.0. The number of aromatic hydroxyl groups is 1. The molecular formula is C10H12O6S. The highest BCUT2D eigenvalue weighted by atomic mass is 32.2. The van der Waals surface area contributed by atoms with Crippen molar-refractivity contribution in [3.05, 3.63) is 23.8 Å². The highest BCUT2D eigenvalue weighted by Crippen LogP contribution is 2.26. The molecule has 0 aliphatic heterocycles. The summed E-state index contributed by atoms with van der Waals surface area (Å²) in [5.74, 6) is -1.83. The Morgan fingerprint density at radius 3 is 2.41 bits per heavy atom. The monoisotopic (exact) mass is 260 g/mol. The van der Waals surface area contributed by atoms with E-state index in [0.29, 0.717) is 0 Å². The van der Waals surface area contributed by atoms with Gasteiger partial charge < -0.3 is 10.2 Å². The third kappa shape index (κ3) is 3.18. The van der Waals surface area contributed by atoms with E-state index < -0.39 is 32.8 Å². The molecule has 0 spiro atoms. The number of aromatic carboxylic acids is 1. The van der Waals surface area contributed by atoms with Gasteiger partial charge in [0.1, 0.15) is 10.6 Å². The van der Waals surface area contributed by atoms with Crippen molar-refractivity contribution in [2.24, 2.45) is 0 Å². The molecule has 2 N–H and O–H groups in total. The molecule has 1 aromatic carbocycles. The van der Waals surface area contributed by atoms with E-state index in [1.807, 2.05) is 0 Å². The Morgan fingerprint density at radius 2 is 1.94 bits per heavy atom. The molecule has 0 aliphatic carbocycles. The fraction of sp³-hybridized carbons (Fsp3) is 0.300. The zero-order valence-corrected chi connectivity index (χ0v) is 10.1. The second-order valence-corrected chi connectivity index (χ2v) is 5.13. The van der Waals surface area contributed by atoms with E-state index in [0.717, 1.165) is 18.2 Å². The summed E-state index contributed by atoms with van der Waals surface area (Å²) in [6.07, 6.45) is -0.604. The number of phenolic OH excluding ortho intramolecular Hbond substituents is 1. The quantitative estimate of drug-likeness (QED) is 0.789. The van der Waals surface area contributed by atoms with Gasteiger partial charge in [-0.2, -0.15) is 8.42 Å². The topological polar surface area (TPSA) is 101 Å². The summed E-state index contributed by atoms with van der Waals surface area (Å²) in [4.78, 5) is 10.1. The summed E-state index contributed by atoms with van der Waals surface area (Å²) in [5.41, 5.74) is -0.242. The molecule has 1 rings (SSSR count). The van der Waals surface area contributed by atoms with Gasteiger partial charge in [-0.25, -0.2) is 4.79 Å². The lowest BCUT2D eigenvalue weighted by Crippen LogP contribution is -2.13. The van der Waals surface area contributed by atoms with Crippen LogP contribution in [0.2, 0.25) is 0 Å². The van der Waals surface area contributed by atoms with Gasteiger partial charge in [-0.15, -0.1) is 0 Å². The van der Waals surface area contributed by atoms with Crippen molar-refractivity contribution >= 4 is 16.1 Å². The highest BCUT2D eigenvalue weighted by Gasteiger charge is 2.22. The standard InChI is InChI=1S/C10H12O6S/c1-6(2)16-17(14,15)9-5-7(10(12)13)3-4-8(9)11/h3-6,11H,1-2H3,(H,12,13). The van der Waals surface area contributed by atoms with Gasteiger partial charge in [-0.1, -0.05) is 0 Å². The maximum absolute atomic E-state index is 11.7. The van der Waals surface area contributed by atoms with Crippen LogP contribution in [0.3, 0.4) is 0 Å². The Kier molecular flexibility index (Phi) is 3.74. The number of rotatable bonds is 4. The Hall–Kier alpha value is -1.60. The van der Waals surface area contributed by atoms with Crippen LogP contribution in [0.5, 0.6) is 5.75 Å². The van der Waals surface area contributed by atoms with E-state index in [1.165, 1.54) is 13.8 Å². The molecule has 7 heteroatoms. The molecule has 0 saturated carbocycles. The minimum absolute atomic E-state index is 0.242. The van der Waals surface area contributed by atoms with Gasteiger partial charge in [-0.3, -0.25) is 4.18 Å². The summed E-state index contributed by atoms with van der Waals surface area (Å²) in [6.45, 7) is 3.02.